The molecule has 0 fully saturated rings. The highest BCUT2D eigenvalue weighted by Gasteiger charge is 2.12. The zero-order valence-corrected chi connectivity index (χ0v) is 9.82. The van der Waals surface area contributed by atoms with E-state index in [0.29, 0.717) is 4.83 Å². The van der Waals surface area contributed by atoms with Gasteiger partial charge in [-0.2, -0.15) is 0 Å². The molecule has 0 aliphatic carbocycles. The van der Waals surface area contributed by atoms with Crippen molar-refractivity contribution in [3.63, 3.8) is 0 Å². The van der Waals surface area contributed by atoms with Gasteiger partial charge in [-0.1, -0.05) is 56.5 Å². The Hall–Kier alpha value is 0.480. The third-order valence-corrected chi connectivity index (χ3v) is 3.04. The fourth-order valence-electron chi connectivity index (χ4n) is 1.31. The predicted octanol–water partition coefficient (Wildman–Crippen LogP) is 4.23. The Morgan fingerprint density at radius 1 is 1.09 bits per heavy atom. The largest absolute Gasteiger partial charge is 0.0891 e. The normalized spacial score (nSPS) is 16.9. The molecule has 0 aromatic carbocycles. The third-order valence-electron chi connectivity index (χ3n) is 2.29. The molecule has 11 heavy (non-hydrogen) atoms. The van der Waals surface area contributed by atoms with E-state index in [-0.39, 0.29) is 0 Å². The van der Waals surface area contributed by atoms with Crippen molar-refractivity contribution >= 4 is 15.9 Å². The summed E-state index contributed by atoms with van der Waals surface area (Å²) in [4.78, 5) is 0.686. The first-order chi connectivity index (χ1) is 5.07. The molecule has 0 aromatic heterocycles. The molecule has 0 aliphatic heterocycles. The maximum absolute atomic E-state index is 3.65. The van der Waals surface area contributed by atoms with E-state index in [0.717, 1.165) is 11.8 Å². The fraction of sp³-hybridized carbons (Fsp3) is 1.00. The molecule has 0 saturated heterocycles. The molecule has 2 atom stereocenters. The van der Waals surface area contributed by atoms with Gasteiger partial charge in [0.2, 0.25) is 0 Å². The van der Waals surface area contributed by atoms with Gasteiger partial charge in [0.1, 0.15) is 0 Å². The Bertz CT molecular complexity index is 86.9. The van der Waals surface area contributed by atoms with Crippen molar-refractivity contribution in [2.75, 3.05) is 0 Å². The molecule has 0 rings (SSSR count). The molecule has 0 radical (unpaired) electrons. The average Bonchev–Trinajstić information content (AvgIpc) is 1.87. The van der Waals surface area contributed by atoms with Crippen molar-refractivity contribution in [2.24, 2.45) is 11.8 Å². The highest BCUT2D eigenvalue weighted by molar-refractivity contribution is 9.09. The number of halogens is 1. The first-order valence-corrected chi connectivity index (χ1v) is 5.63. The summed E-state index contributed by atoms with van der Waals surface area (Å²) >= 11 is 3.65. The summed E-state index contributed by atoms with van der Waals surface area (Å²) in [6.07, 6.45) is 4.05. The molecule has 0 saturated carbocycles. The minimum Gasteiger partial charge on any atom is -0.0891 e. The molecule has 0 aliphatic rings. The lowest BCUT2D eigenvalue weighted by Crippen LogP contribution is -2.10. The summed E-state index contributed by atoms with van der Waals surface area (Å²) in [5, 5.41) is 0. The van der Waals surface area contributed by atoms with Crippen LogP contribution in [0, 0.1) is 11.8 Å². The maximum atomic E-state index is 3.65. The summed E-state index contributed by atoms with van der Waals surface area (Å²) in [6.45, 7) is 9.13. The van der Waals surface area contributed by atoms with Crippen LogP contribution in [0.15, 0.2) is 0 Å². The molecule has 0 aromatic rings. The molecule has 1 heteroatoms. The first kappa shape index (κ1) is 11.5. The third kappa shape index (κ3) is 5.72. The van der Waals surface area contributed by atoms with E-state index < -0.39 is 0 Å². The summed E-state index contributed by atoms with van der Waals surface area (Å²) in [5.74, 6) is 1.73. The van der Waals surface area contributed by atoms with Crippen LogP contribution < -0.4 is 0 Å². The zero-order valence-electron chi connectivity index (χ0n) is 8.23. The van der Waals surface area contributed by atoms with Crippen LogP contribution >= 0.6 is 15.9 Å². The molecular formula is C10H21Br. The van der Waals surface area contributed by atoms with E-state index in [1.54, 1.807) is 0 Å². The lowest BCUT2D eigenvalue weighted by molar-refractivity contribution is 0.414. The molecular weight excluding hydrogens is 200 g/mol. The number of hydrogen-bond acceptors (Lipinski definition) is 0. The second-order valence-corrected chi connectivity index (χ2v) is 5.26. The van der Waals surface area contributed by atoms with Gasteiger partial charge in [-0.15, -0.1) is 0 Å². The lowest BCUT2D eigenvalue weighted by atomic mass is 9.94. The molecule has 68 valence electrons. The highest BCUT2D eigenvalue weighted by Crippen LogP contribution is 2.23. The summed E-state index contributed by atoms with van der Waals surface area (Å²) < 4.78 is 0. The van der Waals surface area contributed by atoms with E-state index in [4.69, 9.17) is 0 Å². The van der Waals surface area contributed by atoms with Crippen molar-refractivity contribution < 1.29 is 0 Å². The second-order valence-electron chi connectivity index (χ2n) is 3.82. The molecule has 2 unspecified atom stereocenters. The molecule has 0 amide bonds. The van der Waals surface area contributed by atoms with Gasteiger partial charge in [-0.3, -0.25) is 0 Å². The van der Waals surface area contributed by atoms with Crippen LogP contribution in [0.2, 0.25) is 0 Å². The van der Waals surface area contributed by atoms with E-state index in [1.807, 2.05) is 0 Å². The summed E-state index contributed by atoms with van der Waals surface area (Å²) in [6, 6.07) is 0. The van der Waals surface area contributed by atoms with Crippen LogP contribution in [-0.4, -0.2) is 4.83 Å². The van der Waals surface area contributed by atoms with E-state index in [1.165, 1.54) is 19.3 Å². The Labute approximate surface area is 79.9 Å². The SMILES string of the molecule is CCC(CCC(C)C)C(C)Br. The van der Waals surface area contributed by atoms with Gasteiger partial charge in [-0.25, -0.2) is 0 Å². The van der Waals surface area contributed by atoms with Crippen LogP contribution in [0.1, 0.15) is 47.0 Å². The van der Waals surface area contributed by atoms with Gasteiger partial charge in [0.05, 0.1) is 0 Å². The number of alkyl halides is 1. The monoisotopic (exact) mass is 220 g/mol. The molecule has 0 nitrogen and oxygen atoms in total. The minimum absolute atomic E-state index is 0.686. The van der Waals surface area contributed by atoms with E-state index in [2.05, 4.69) is 43.6 Å². The maximum Gasteiger partial charge on any atom is 0.0145 e. The van der Waals surface area contributed by atoms with Crippen molar-refractivity contribution in [3.05, 3.63) is 0 Å². The van der Waals surface area contributed by atoms with Crippen LogP contribution in [0.3, 0.4) is 0 Å². The highest BCUT2D eigenvalue weighted by atomic mass is 79.9. The van der Waals surface area contributed by atoms with Crippen LogP contribution in [0.4, 0.5) is 0 Å². The topological polar surface area (TPSA) is 0 Å². The van der Waals surface area contributed by atoms with Gasteiger partial charge in [0, 0.05) is 4.83 Å². The van der Waals surface area contributed by atoms with Gasteiger partial charge in [0.25, 0.3) is 0 Å². The fourth-order valence-corrected chi connectivity index (χ4v) is 1.94. The number of rotatable bonds is 5. The Kier molecular flexibility index (Phi) is 6.31. The molecule has 0 spiro atoms. The molecule has 0 N–H and O–H groups in total. The van der Waals surface area contributed by atoms with Crippen molar-refractivity contribution in [1.29, 1.82) is 0 Å². The van der Waals surface area contributed by atoms with Crippen LogP contribution in [-0.2, 0) is 0 Å². The Morgan fingerprint density at radius 2 is 1.64 bits per heavy atom. The lowest BCUT2D eigenvalue weighted by Gasteiger charge is -2.18. The van der Waals surface area contributed by atoms with Crippen molar-refractivity contribution in [2.45, 2.75) is 51.8 Å². The van der Waals surface area contributed by atoms with Crippen LogP contribution in [0.5, 0.6) is 0 Å². The Balaban J connectivity index is 3.52. The quantitative estimate of drug-likeness (QED) is 0.609. The summed E-state index contributed by atoms with van der Waals surface area (Å²) in [5.41, 5.74) is 0. The van der Waals surface area contributed by atoms with Crippen molar-refractivity contribution in [1.82, 2.24) is 0 Å². The van der Waals surface area contributed by atoms with Gasteiger partial charge in [-0.05, 0) is 18.3 Å². The molecule has 0 bridgehead atoms. The van der Waals surface area contributed by atoms with Gasteiger partial charge in [0.15, 0.2) is 0 Å². The van der Waals surface area contributed by atoms with E-state index in [9.17, 15) is 0 Å². The first-order valence-electron chi connectivity index (χ1n) is 4.72. The smallest absolute Gasteiger partial charge is 0.0145 e. The van der Waals surface area contributed by atoms with Gasteiger partial charge >= 0.3 is 0 Å². The van der Waals surface area contributed by atoms with Gasteiger partial charge < -0.3 is 0 Å². The minimum atomic E-state index is 0.686. The zero-order chi connectivity index (χ0) is 8.85. The Morgan fingerprint density at radius 3 is 1.91 bits per heavy atom. The van der Waals surface area contributed by atoms with Crippen molar-refractivity contribution in [3.8, 4) is 0 Å². The molecule has 0 heterocycles. The summed E-state index contributed by atoms with van der Waals surface area (Å²) in [7, 11) is 0. The van der Waals surface area contributed by atoms with Crippen LogP contribution in [0.25, 0.3) is 0 Å². The average molecular weight is 221 g/mol. The van der Waals surface area contributed by atoms with E-state index >= 15 is 0 Å². The number of hydrogen-bond donors (Lipinski definition) is 0. The predicted molar refractivity (Wildman–Crippen MR) is 56.2 cm³/mol. The standard InChI is InChI=1S/C10H21Br/c1-5-10(9(4)11)7-6-8(2)3/h8-10H,5-7H2,1-4H3. The second kappa shape index (κ2) is 6.05.